The molecule has 0 unspecified atom stereocenters. The second kappa shape index (κ2) is 4.23. The van der Waals surface area contributed by atoms with Gasteiger partial charge in [-0.05, 0) is 23.5 Å². The Morgan fingerprint density at radius 3 is 2.29 bits per heavy atom. The highest BCUT2D eigenvalue weighted by atomic mass is 14.7. The lowest BCUT2D eigenvalue weighted by atomic mass is 9.94. The van der Waals surface area contributed by atoms with Gasteiger partial charge in [0.2, 0.25) is 0 Å². The van der Waals surface area contributed by atoms with Crippen LogP contribution in [0.25, 0.3) is 0 Å². The molecule has 0 fully saturated rings. The maximum Gasteiger partial charge on any atom is 0.101 e. The zero-order valence-electron chi connectivity index (χ0n) is 9.20. The predicted molar refractivity (Wildman–Crippen MR) is 57.1 cm³/mol. The molecule has 1 heterocycles. The third-order valence-electron chi connectivity index (χ3n) is 2.25. The van der Waals surface area contributed by atoms with Crippen LogP contribution in [0.5, 0.6) is 0 Å². The molecule has 2 heteroatoms. The summed E-state index contributed by atoms with van der Waals surface area (Å²) in [6.45, 7) is 8.51. The molecule has 0 atom stereocenters. The summed E-state index contributed by atoms with van der Waals surface area (Å²) in [4.78, 5) is 4.35. The average molecular weight is 188 g/mol. The quantitative estimate of drug-likeness (QED) is 0.714. The third-order valence-corrected chi connectivity index (χ3v) is 2.25. The van der Waals surface area contributed by atoms with Crippen molar-refractivity contribution in [1.29, 1.82) is 5.26 Å². The molecule has 0 aliphatic rings. The predicted octanol–water partition coefficient (Wildman–Crippen LogP) is 3.20. The number of hydrogen-bond acceptors (Lipinski definition) is 2. The molecule has 0 aliphatic heterocycles. The molecule has 1 aromatic heterocycles. The Bertz CT molecular complexity index is 359. The van der Waals surface area contributed by atoms with Crippen molar-refractivity contribution in [3.63, 3.8) is 0 Å². The lowest BCUT2D eigenvalue weighted by molar-refractivity contribution is 0.756. The van der Waals surface area contributed by atoms with Crippen LogP contribution in [0.15, 0.2) is 12.3 Å². The zero-order chi connectivity index (χ0) is 10.7. The van der Waals surface area contributed by atoms with Crippen molar-refractivity contribution in [2.24, 2.45) is 0 Å². The lowest BCUT2D eigenvalue weighted by Crippen LogP contribution is -2.02. The summed E-state index contributed by atoms with van der Waals surface area (Å²) in [7, 11) is 0. The molecular formula is C12H16N2. The summed E-state index contributed by atoms with van der Waals surface area (Å²) in [5.41, 5.74) is 2.95. The Morgan fingerprint density at radius 1 is 1.21 bits per heavy atom. The molecule has 1 rings (SSSR count). The first-order valence-corrected chi connectivity index (χ1v) is 4.96. The zero-order valence-corrected chi connectivity index (χ0v) is 9.20. The Balaban J connectivity index is 3.26. The van der Waals surface area contributed by atoms with Crippen molar-refractivity contribution in [1.82, 2.24) is 4.98 Å². The Labute approximate surface area is 85.6 Å². The van der Waals surface area contributed by atoms with Crippen LogP contribution in [0, 0.1) is 11.3 Å². The molecular weight excluding hydrogens is 172 g/mol. The minimum absolute atomic E-state index is 0.417. The van der Waals surface area contributed by atoms with E-state index in [2.05, 4.69) is 38.7 Å². The van der Waals surface area contributed by atoms with Gasteiger partial charge in [-0.2, -0.15) is 5.26 Å². The van der Waals surface area contributed by atoms with E-state index in [1.54, 1.807) is 6.20 Å². The summed E-state index contributed by atoms with van der Waals surface area (Å²) in [5.74, 6) is 0.841. The third kappa shape index (κ3) is 2.11. The maximum atomic E-state index is 8.78. The molecule has 0 amide bonds. The van der Waals surface area contributed by atoms with Crippen molar-refractivity contribution < 1.29 is 0 Å². The van der Waals surface area contributed by atoms with Gasteiger partial charge < -0.3 is 0 Å². The average Bonchev–Trinajstić information content (AvgIpc) is 2.16. The second-order valence-electron chi connectivity index (χ2n) is 4.12. The fourth-order valence-electron chi connectivity index (χ4n) is 1.50. The summed E-state index contributed by atoms with van der Waals surface area (Å²) in [6, 6.07) is 4.08. The van der Waals surface area contributed by atoms with Crippen LogP contribution in [-0.2, 0) is 0 Å². The maximum absolute atomic E-state index is 8.78. The number of aromatic nitrogens is 1. The summed E-state index contributed by atoms with van der Waals surface area (Å²) in [6.07, 6.45) is 1.65. The minimum Gasteiger partial charge on any atom is -0.259 e. The molecule has 2 nitrogen and oxygen atoms in total. The standard InChI is InChI=1S/C12H16N2/c1-8(2)11-5-10(6-13)7-14-12(11)9(3)4/h5,7-9H,1-4H3. The van der Waals surface area contributed by atoms with E-state index in [-0.39, 0.29) is 0 Å². The van der Waals surface area contributed by atoms with Gasteiger partial charge in [0, 0.05) is 11.9 Å². The largest absolute Gasteiger partial charge is 0.259 e. The first-order valence-electron chi connectivity index (χ1n) is 4.96. The van der Waals surface area contributed by atoms with Gasteiger partial charge in [0.1, 0.15) is 6.07 Å². The van der Waals surface area contributed by atoms with Crippen LogP contribution in [-0.4, -0.2) is 4.98 Å². The summed E-state index contributed by atoms with van der Waals surface area (Å²) in [5, 5.41) is 8.78. The van der Waals surface area contributed by atoms with E-state index >= 15 is 0 Å². The molecule has 0 spiro atoms. The first-order chi connectivity index (χ1) is 6.56. The Hall–Kier alpha value is -1.36. The van der Waals surface area contributed by atoms with Crippen LogP contribution in [0.3, 0.4) is 0 Å². The van der Waals surface area contributed by atoms with E-state index in [4.69, 9.17) is 5.26 Å². The Kier molecular flexibility index (Phi) is 3.24. The van der Waals surface area contributed by atoms with Crippen molar-refractivity contribution in [3.8, 4) is 6.07 Å². The van der Waals surface area contributed by atoms with Crippen LogP contribution in [0.2, 0.25) is 0 Å². The Morgan fingerprint density at radius 2 is 1.86 bits per heavy atom. The SMILES string of the molecule is CC(C)c1cc(C#N)cnc1C(C)C. The van der Waals surface area contributed by atoms with Crippen LogP contribution < -0.4 is 0 Å². The van der Waals surface area contributed by atoms with Gasteiger partial charge in [-0.25, -0.2) is 0 Å². The van der Waals surface area contributed by atoms with Gasteiger partial charge in [-0.15, -0.1) is 0 Å². The van der Waals surface area contributed by atoms with E-state index in [0.717, 1.165) is 5.69 Å². The van der Waals surface area contributed by atoms with Gasteiger partial charge >= 0.3 is 0 Å². The number of nitrogens with zero attached hydrogens (tertiary/aromatic N) is 2. The molecule has 0 saturated heterocycles. The van der Waals surface area contributed by atoms with Crippen molar-refractivity contribution in [3.05, 3.63) is 29.1 Å². The number of pyridine rings is 1. The molecule has 0 radical (unpaired) electrons. The van der Waals surface area contributed by atoms with Gasteiger partial charge in [-0.3, -0.25) is 4.98 Å². The van der Waals surface area contributed by atoms with Gasteiger partial charge in [0.15, 0.2) is 0 Å². The van der Waals surface area contributed by atoms with Crippen LogP contribution in [0.4, 0.5) is 0 Å². The highest BCUT2D eigenvalue weighted by molar-refractivity contribution is 5.35. The fraction of sp³-hybridized carbons (Fsp3) is 0.500. The monoisotopic (exact) mass is 188 g/mol. The molecule has 0 bridgehead atoms. The van der Waals surface area contributed by atoms with Gasteiger partial charge in [0.05, 0.1) is 5.56 Å². The number of hydrogen-bond donors (Lipinski definition) is 0. The van der Waals surface area contributed by atoms with Crippen molar-refractivity contribution in [2.45, 2.75) is 39.5 Å². The van der Waals surface area contributed by atoms with Crippen molar-refractivity contribution in [2.75, 3.05) is 0 Å². The van der Waals surface area contributed by atoms with E-state index in [9.17, 15) is 0 Å². The smallest absolute Gasteiger partial charge is 0.101 e. The van der Waals surface area contributed by atoms with Gasteiger partial charge in [0.25, 0.3) is 0 Å². The molecule has 14 heavy (non-hydrogen) atoms. The summed E-state index contributed by atoms with van der Waals surface area (Å²) >= 11 is 0. The van der Waals surface area contributed by atoms with Crippen LogP contribution >= 0.6 is 0 Å². The number of nitriles is 1. The molecule has 0 N–H and O–H groups in total. The van der Waals surface area contributed by atoms with E-state index < -0.39 is 0 Å². The fourth-order valence-corrected chi connectivity index (χ4v) is 1.50. The topological polar surface area (TPSA) is 36.7 Å². The molecule has 1 aromatic rings. The van der Waals surface area contributed by atoms with E-state index in [1.165, 1.54) is 5.56 Å². The molecule has 0 aliphatic carbocycles. The van der Waals surface area contributed by atoms with E-state index in [0.29, 0.717) is 17.4 Å². The molecule has 0 saturated carbocycles. The van der Waals surface area contributed by atoms with Crippen LogP contribution in [0.1, 0.15) is 56.4 Å². The summed E-state index contributed by atoms with van der Waals surface area (Å²) < 4.78 is 0. The van der Waals surface area contributed by atoms with Gasteiger partial charge in [-0.1, -0.05) is 27.7 Å². The minimum atomic E-state index is 0.417. The van der Waals surface area contributed by atoms with E-state index in [1.807, 2.05) is 6.07 Å². The van der Waals surface area contributed by atoms with Crippen molar-refractivity contribution >= 4 is 0 Å². The number of rotatable bonds is 2. The molecule has 74 valence electrons. The second-order valence-corrected chi connectivity index (χ2v) is 4.12. The lowest BCUT2D eigenvalue weighted by Gasteiger charge is -2.14. The highest BCUT2D eigenvalue weighted by Crippen LogP contribution is 2.24. The highest BCUT2D eigenvalue weighted by Gasteiger charge is 2.11. The molecule has 0 aromatic carbocycles. The first kappa shape index (κ1) is 10.7. The normalized spacial score (nSPS) is 10.6.